The minimum Gasteiger partial charge on any atom is -0.440 e. The third-order valence-electron chi connectivity index (χ3n) is 5.92. The quantitative estimate of drug-likeness (QED) is 0.612. The van der Waals surface area contributed by atoms with Gasteiger partial charge < -0.3 is 9.73 Å². The van der Waals surface area contributed by atoms with E-state index in [1.54, 1.807) is 12.1 Å². The van der Waals surface area contributed by atoms with E-state index in [9.17, 15) is 13.2 Å². The van der Waals surface area contributed by atoms with Gasteiger partial charge in [0.15, 0.2) is 11.5 Å². The van der Waals surface area contributed by atoms with E-state index in [1.165, 1.54) is 26.2 Å². The Balaban J connectivity index is 1.44. The summed E-state index contributed by atoms with van der Waals surface area (Å²) in [5.41, 5.74) is 2.08. The number of nitrogens with zero attached hydrogens (tertiary/aromatic N) is 3. The van der Waals surface area contributed by atoms with Crippen molar-refractivity contribution in [1.82, 2.24) is 14.2 Å². The number of sulfonamides is 1. The van der Waals surface area contributed by atoms with E-state index in [0.29, 0.717) is 18.1 Å². The molecule has 0 spiro atoms. The molecule has 2 heterocycles. The maximum absolute atomic E-state index is 12.9. The lowest BCUT2D eigenvalue weighted by Crippen LogP contribution is -2.46. The molecule has 8 nitrogen and oxygen atoms in total. The van der Waals surface area contributed by atoms with Gasteiger partial charge in [0.05, 0.1) is 10.9 Å². The molecule has 2 aromatic carbocycles. The van der Waals surface area contributed by atoms with Crippen molar-refractivity contribution in [3.63, 3.8) is 0 Å². The number of fused-ring (bicyclic) bond motifs is 1. The molecule has 1 aliphatic rings. The lowest BCUT2D eigenvalue weighted by atomic mass is 9.96. The molecule has 1 aliphatic heterocycles. The number of amides is 1. The molecule has 2 atom stereocenters. The molecule has 0 saturated carbocycles. The van der Waals surface area contributed by atoms with Crippen molar-refractivity contribution in [2.24, 2.45) is 0 Å². The minimum absolute atomic E-state index is 0.125. The first-order valence-electron chi connectivity index (χ1n) is 10.7. The lowest BCUT2D eigenvalue weighted by Gasteiger charge is -2.34. The van der Waals surface area contributed by atoms with Crippen LogP contribution in [0.2, 0.25) is 0 Å². The predicted molar refractivity (Wildman–Crippen MR) is 123 cm³/mol. The Labute approximate surface area is 188 Å². The molecule has 32 heavy (non-hydrogen) atoms. The highest BCUT2D eigenvalue weighted by atomic mass is 32.2. The fourth-order valence-electron chi connectivity index (χ4n) is 3.98. The predicted octanol–water partition coefficient (Wildman–Crippen LogP) is 3.28. The number of rotatable bonds is 6. The van der Waals surface area contributed by atoms with Crippen LogP contribution in [0.1, 0.15) is 31.6 Å². The van der Waals surface area contributed by atoms with Gasteiger partial charge in [-0.3, -0.25) is 9.69 Å². The fraction of sp³-hybridized carbons (Fsp3) is 0.391. The second-order valence-electron chi connectivity index (χ2n) is 8.33. The average Bonchev–Trinajstić information content (AvgIpc) is 3.23. The standard InChI is InChI=1S/C23H28N4O4S/c1-16(22(28)24-18-9-6-10-19(14-18)32(29,30)26(2)3)27-13-7-8-17(15-27)23-25-20-11-4-5-12-21(20)31-23/h4-6,9-12,14,16-17H,7-8,13,15H2,1-3H3,(H,24,28). The zero-order chi connectivity index (χ0) is 22.9. The third kappa shape index (κ3) is 4.55. The van der Waals surface area contributed by atoms with Crippen molar-refractivity contribution >= 4 is 32.7 Å². The first kappa shape index (κ1) is 22.4. The first-order valence-corrected chi connectivity index (χ1v) is 12.1. The van der Waals surface area contributed by atoms with Gasteiger partial charge in [-0.2, -0.15) is 0 Å². The zero-order valence-electron chi connectivity index (χ0n) is 18.5. The Morgan fingerprint density at radius 1 is 1.22 bits per heavy atom. The average molecular weight is 457 g/mol. The largest absolute Gasteiger partial charge is 0.440 e. The summed E-state index contributed by atoms with van der Waals surface area (Å²) in [6.45, 7) is 3.35. The molecule has 1 fully saturated rings. The molecule has 3 aromatic rings. The van der Waals surface area contributed by atoms with Crippen LogP contribution in [0.3, 0.4) is 0 Å². The monoisotopic (exact) mass is 456 g/mol. The number of nitrogens with one attached hydrogen (secondary N) is 1. The molecule has 1 N–H and O–H groups in total. The second kappa shape index (κ2) is 9.01. The van der Waals surface area contributed by atoms with Gasteiger partial charge in [0.25, 0.3) is 0 Å². The first-order chi connectivity index (χ1) is 15.3. The Kier molecular flexibility index (Phi) is 6.32. The van der Waals surface area contributed by atoms with E-state index in [0.717, 1.165) is 34.8 Å². The van der Waals surface area contributed by atoms with E-state index in [-0.39, 0.29) is 22.8 Å². The van der Waals surface area contributed by atoms with Crippen LogP contribution >= 0.6 is 0 Å². The van der Waals surface area contributed by atoms with Gasteiger partial charge in [-0.1, -0.05) is 18.2 Å². The second-order valence-corrected chi connectivity index (χ2v) is 10.5. The molecule has 9 heteroatoms. The molecule has 0 aliphatic carbocycles. The van der Waals surface area contributed by atoms with Crippen molar-refractivity contribution in [3.8, 4) is 0 Å². The summed E-state index contributed by atoms with van der Waals surface area (Å²) in [5.74, 6) is 0.660. The molecule has 1 saturated heterocycles. The number of hydrogen-bond acceptors (Lipinski definition) is 6. The number of oxazole rings is 1. The Morgan fingerprint density at radius 3 is 2.75 bits per heavy atom. The number of carbonyl (C=O) groups excluding carboxylic acids is 1. The maximum Gasteiger partial charge on any atom is 0.242 e. The number of aromatic nitrogens is 1. The van der Waals surface area contributed by atoms with E-state index >= 15 is 0 Å². The summed E-state index contributed by atoms with van der Waals surface area (Å²) in [5, 5.41) is 2.86. The summed E-state index contributed by atoms with van der Waals surface area (Å²) < 4.78 is 31.9. The highest BCUT2D eigenvalue weighted by Crippen LogP contribution is 2.30. The van der Waals surface area contributed by atoms with Gasteiger partial charge in [-0.15, -0.1) is 0 Å². The Morgan fingerprint density at radius 2 is 2.00 bits per heavy atom. The molecule has 0 bridgehead atoms. The summed E-state index contributed by atoms with van der Waals surface area (Å²) in [4.78, 5) is 19.8. The van der Waals surface area contributed by atoms with Crippen LogP contribution in [-0.4, -0.2) is 61.7 Å². The Hall–Kier alpha value is -2.75. The number of carbonyl (C=O) groups is 1. The topological polar surface area (TPSA) is 95.8 Å². The van der Waals surface area contributed by atoms with Crippen LogP contribution in [0.25, 0.3) is 11.1 Å². The summed E-state index contributed by atoms with van der Waals surface area (Å²) in [6.07, 6.45) is 1.90. The third-order valence-corrected chi connectivity index (χ3v) is 7.73. The molecular weight excluding hydrogens is 428 g/mol. The van der Waals surface area contributed by atoms with E-state index < -0.39 is 10.0 Å². The lowest BCUT2D eigenvalue weighted by molar-refractivity contribution is -0.121. The fourth-order valence-corrected chi connectivity index (χ4v) is 4.93. The van der Waals surface area contributed by atoms with Crippen LogP contribution in [0.15, 0.2) is 57.8 Å². The molecule has 1 aromatic heterocycles. The van der Waals surface area contributed by atoms with Gasteiger partial charge >= 0.3 is 0 Å². The summed E-state index contributed by atoms with van der Waals surface area (Å²) in [6, 6.07) is 13.6. The van der Waals surface area contributed by atoms with Crippen molar-refractivity contribution in [1.29, 1.82) is 0 Å². The van der Waals surface area contributed by atoms with Crippen LogP contribution in [0.4, 0.5) is 5.69 Å². The normalized spacial score (nSPS) is 18.7. The number of hydrogen-bond donors (Lipinski definition) is 1. The minimum atomic E-state index is -3.57. The van der Waals surface area contributed by atoms with Crippen molar-refractivity contribution in [3.05, 3.63) is 54.4 Å². The number of para-hydroxylation sites is 2. The maximum atomic E-state index is 12.9. The van der Waals surface area contributed by atoms with Gasteiger partial charge in [0.1, 0.15) is 5.52 Å². The zero-order valence-corrected chi connectivity index (χ0v) is 19.3. The van der Waals surface area contributed by atoms with Crippen molar-refractivity contribution in [2.75, 3.05) is 32.5 Å². The van der Waals surface area contributed by atoms with Crippen LogP contribution < -0.4 is 5.32 Å². The number of anilines is 1. The van der Waals surface area contributed by atoms with Gasteiger partial charge in [-0.25, -0.2) is 17.7 Å². The smallest absolute Gasteiger partial charge is 0.242 e. The van der Waals surface area contributed by atoms with Gasteiger partial charge in [-0.05, 0) is 56.6 Å². The molecular formula is C23H28N4O4S. The van der Waals surface area contributed by atoms with Gasteiger partial charge in [0.2, 0.25) is 15.9 Å². The van der Waals surface area contributed by atoms with E-state index in [2.05, 4.69) is 15.2 Å². The number of piperidine rings is 1. The van der Waals surface area contributed by atoms with Crippen LogP contribution in [-0.2, 0) is 14.8 Å². The number of benzene rings is 2. The highest BCUT2D eigenvalue weighted by Gasteiger charge is 2.30. The summed E-state index contributed by atoms with van der Waals surface area (Å²) in [7, 11) is -0.614. The van der Waals surface area contributed by atoms with Crippen LogP contribution in [0, 0.1) is 0 Å². The summed E-state index contributed by atoms with van der Waals surface area (Å²) >= 11 is 0. The van der Waals surface area contributed by atoms with Crippen LogP contribution in [0.5, 0.6) is 0 Å². The van der Waals surface area contributed by atoms with Gasteiger partial charge in [0, 0.05) is 32.2 Å². The SMILES string of the molecule is CC(C(=O)Nc1cccc(S(=O)(=O)N(C)C)c1)N1CCCC(c2nc3ccccc3o2)C1. The van der Waals surface area contributed by atoms with E-state index in [4.69, 9.17) is 4.42 Å². The molecule has 1 amide bonds. The highest BCUT2D eigenvalue weighted by molar-refractivity contribution is 7.89. The van der Waals surface area contributed by atoms with Crippen molar-refractivity contribution in [2.45, 2.75) is 36.6 Å². The number of likely N-dealkylation sites (tertiary alicyclic amines) is 1. The van der Waals surface area contributed by atoms with E-state index in [1.807, 2.05) is 31.2 Å². The van der Waals surface area contributed by atoms with Crippen molar-refractivity contribution < 1.29 is 17.6 Å². The molecule has 170 valence electrons. The Bertz CT molecular complexity index is 1190. The molecule has 4 rings (SSSR count). The molecule has 0 radical (unpaired) electrons. The molecule has 2 unspecified atom stereocenters.